The molecule has 2 fully saturated rings. The Kier molecular flexibility index (Phi) is 4.76. The van der Waals surface area contributed by atoms with Gasteiger partial charge in [0.1, 0.15) is 5.69 Å². The highest BCUT2D eigenvalue weighted by Gasteiger charge is 2.38. The van der Waals surface area contributed by atoms with Crippen molar-refractivity contribution in [2.45, 2.75) is 37.2 Å². The third kappa shape index (κ3) is 3.45. The first kappa shape index (κ1) is 18.8. The summed E-state index contributed by atoms with van der Waals surface area (Å²) in [6.45, 7) is 3.24. The fraction of sp³-hybridized carbons (Fsp3) is 0.444. The van der Waals surface area contributed by atoms with E-state index in [0.717, 1.165) is 13.0 Å². The number of amides is 1. The van der Waals surface area contributed by atoms with Crippen molar-refractivity contribution >= 4 is 21.7 Å². The molecule has 28 heavy (non-hydrogen) atoms. The summed E-state index contributed by atoms with van der Waals surface area (Å²) in [5, 5.41) is 8.20. The van der Waals surface area contributed by atoms with Gasteiger partial charge in [0.25, 0.3) is 0 Å². The van der Waals surface area contributed by atoms with E-state index >= 15 is 0 Å². The molecule has 2 aromatic rings. The number of carbonyl (C=O) groups excluding carboxylic acids is 2. The number of rotatable bonds is 6. The van der Waals surface area contributed by atoms with Crippen LogP contribution < -0.4 is 0 Å². The van der Waals surface area contributed by atoms with Crippen molar-refractivity contribution in [1.82, 2.24) is 24.2 Å². The molecule has 0 saturated carbocycles. The Morgan fingerprint density at radius 1 is 1.21 bits per heavy atom. The van der Waals surface area contributed by atoms with Crippen LogP contribution in [0, 0.1) is 0 Å². The molecule has 1 aromatic heterocycles. The third-order valence-electron chi connectivity index (χ3n) is 5.18. The van der Waals surface area contributed by atoms with Crippen molar-refractivity contribution in [1.29, 1.82) is 0 Å². The minimum absolute atomic E-state index is 0.0817. The Balaban J connectivity index is 1.38. The van der Waals surface area contributed by atoms with Gasteiger partial charge in [-0.15, -0.1) is 5.10 Å². The molecule has 0 aliphatic carbocycles. The van der Waals surface area contributed by atoms with E-state index in [4.69, 9.17) is 0 Å². The largest absolute Gasteiger partial charge is 0.337 e. The second-order valence-electron chi connectivity index (χ2n) is 7.17. The van der Waals surface area contributed by atoms with Gasteiger partial charge in [-0.25, -0.2) is 13.1 Å². The SMILES string of the molecule is CC(=O)c1ccc(S(=O)(=O)N2CC(n3cc(CN4CCCC4=O)nn3)C2)cc1. The molecule has 2 aliphatic heterocycles. The number of ketones is 1. The van der Waals surface area contributed by atoms with Gasteiger partial charge in [0.2, 0.25) is 15.9 Å². The van der Waals surface area contributed by atoms with Crippen molar-refractivity contribution in [3.05, 3.63) is 41.7 Å². The van der Waals surface area contributed by atoms with E-state index in [1.54, 1.807) is 15.8 Å². The van der Waals surface area contributed by atoms with Crippen LogP contribution in [-0.4, -0.2) is 63.9 Å². The molecule has 2 saturated heterocycles. The second kappa shape index (κ2) is 7.10. The maximum Gasteiger partial charge on any atom is 0.243 e. The van der Waals surface area contributed by atoms with Gasteiger partial charge in [-0.1, -0.05) is 17.3 Å². The lowest BCUT2D eigenvalue weighted by Crippen LogP contribution is -2.50. The van der Waals surface area contributed by atoms with E-state index in [1.165, 1.54) is 35.5 Å². The van der Waals surface area contributed by atoms with Crippen molar-refractivity contribution in [2.75, 3.05) is 19.6 Å². The Morgan fingerprint density at radius 3 is 2.54 bits per heavy atom. The first-order valence-electron chi connectivity index (χ1n) is 9.14. The standard InChI is InChI=1S/C18H21N5O4S/c1-13(24)14-4-6-17(7-5-14)28(26,27)22-11-16(12-22)23-10-15(19-20-23)9-21-8-2-3-18(21)25/h4-7,10,16H,2-3,8-9,11-12H2,1H3. The Labute approximate surface area is 163 Å². The van der Waals surface area contributed by atoms with Crippen molar-refractivity contribution in [3.8, 4) is 0 Å². The van der Waals surface area contributed by atoms with Gasteiger partial charge in [0.15, 0.2) is 5.78 Å². The number of benzene rings is 1. The van der Waals surface area contributed by atoms with Gasteiger partial charge in [0, 0.05) is 31.6 Å². The normalized spacial score (nSPS) is 18.5. The fourth-order valence-corrected chi connectivity index (χ4v) is 4.94. The molecule has 2 aliphatic rings. The van der Waals surface area contributed by atoms with Crippen molar-refractivity contribution in [2.24, 2.45) is 0 Å². The average Bonchev–Trinajstić information content (AvgIpc) is 3.23. The van der Waals surface area contributed by atoms with Crippen LogP contribution in [0.25, 0.3) is 0 Å². The maximum absolute atomic E-state index is 12.7. The van der Waals surface area contributed by atoms with E-state index in [0.29, 0.717) is 37.3 Å². The van der Waals surface area contributed by atoms with E-state index in [-0.39, 0.29) is 22.6 Å². The molecule has 0 spiro atoms. The van der Waals surface area contributed by atoms with Crippen molar-refractivity contribution < 1.29 is 18.0 Å². The molecule has 1 amide bonds. The van der Waals surface area contributed by atoms with E-state index in [2.05, 4.69) is 10.3 Å². The number of sulfonamides is 1. The van der Waals surface area contributed by atoms with Crippen molar-refractivity contribution in [3.63, 3.8) is 0 Å². The number of carbonyl (C=O) groups is 2. The molecule has 0 bridgehead atoms. The summed E-state index contributed by atoms with van der Waals surface area (Å²) >= 11 is 0. The van der Waals surface area contributed by atoms with Crippen LogP contribution in [-0.2, 0) is 21.4 Å². The van der Waals surface area contributed by atoms with Crippen LogP contribution in [0.5, 0.6) is 0 Å². The van der Waals surface area contributed by atoms with Crippen LogP contribution in [0.3, 0.4) is 0 Å². The maximum atomic E-state index is 12.7. The number of likely N-dealkylation sites (tertiary alicyclic amines) is 1. The molecule has 0 radical (unpaired) electrons. The van der Waals surface area contributed by atoms with E-state index < -0.39 is 10.0 Å². The second-order valence-corrected chi connectivity index (χ2v) is 9.10. The predicted molar refractivity (Wildman–Crippen MR) is 98.9 cm³/mol. The van der Waals surface area contributed by atoms with Crippen LogP contribution in [0.15, 0.2) is 35.4 Å². The molecule has 10 heteroatoms. The van der Waals surface area contributed by atoms with Gasteiger partial charge in [-0.3, -0.25) is 9.59 Å². The van der Waals surface area contributed by atoms with E-state index in [9.17, 15) is 18.0 Å². The Hall–Kier alpha value is -2.59. The van der Waals surface area contributed by atoms with Crippen LogP contribution in [0.4, 0.5) is 0 Å². The molecule has 9 nitrogen and oxygen atoms in total. The lowest BCUT2D eigenvalue weighted by Gasteiger charge is -2.37. The summed E-state index contributed by atoms with van der Waals surface area (Å²) in [4.78, 5) is 25.0. The highest BCUT2D eigenvalue weighted by molar-refractivity contribution is 7.89. The highest BCUT2D eigenvalue weighted by Crippen LogP contribution is 2.28. The number of nitrogens with zero attached hydrogens (tertiary/aromatic N) is 5. The third-order valence-corrected chi connectivity index (χ3v) is 7.03. The number of hydrogen-bond donors (Lipinski definition) is 0. The van der Waals surface area contributed by atoms with Gasteiger partial charge >= 0.3 is 0 Å². The zero-order valence-corrected chi connectivity index (χ0v) is 16.3. The lowest BCUT2D eigenvalue weighted by molar-refractivity contribution is -0.128. The monoisotopic (exact) mass is 403 g/mol. The van der Waals surface area contributed by atoms with Crippen LogP contribution >= 0.6 is 0 Å². The summed E-state index contributed by atoms with van der Waals surface area (Å²) in [5.74, 6) is 0.0248. The van der Waals surface area contributed by atoms with Gasteiger partial charge in [-0.2, -0.15) is 4.31 Å². The molecular formula is C18H21N5O4S. The minimum atomic E-state index is -3.60. The quantitative estimate of drug-likeness (QED) is 0.662. The molecule has 0 atom stereocenters. The fourth-order valence-electron chi connectivity index (χ4n) is 3.42. The molecular weight excluding hydrogens is 382 g/mol. The Bertz CT molecular complexity index is 1010. The van der Waals surface area contributed by atoms with Crippen LogP contribution in [0.1, 0.15) is 41.9 Å². The molecule has 1 aromatic carbocycles. The van der Waals surface area contributed by atoms with E-state index in [1.807, 2.05) is 0 Å². The molecule has 148 valence electrons. The zero-order valence-electron chi connectivity index (χ0n) is 15.5. The molecule has 4 rings (SSSR count). The van der Waals surface area contributed by atoms with Gasteiger partial charge in [-0.05, 0) is 25.5 Å². The topological polar surface area (TPSA) is 105 Å². The van der Waals surface area contributed by atoms with Gasteiger partial charge in [0.05, 0.1) is 23.7 Å². The molecule has 0 N–H and O–H groups in total. The minimum Gasteiger partial charge on any atom is -0.337 e. The highest BCUT2D eigenvalue weighted by atomic mass is 32.2. The summed E-state index contributed by atoms with van der Waals surface area (Å²) in [5.41, 5.74) is 1.18. The first-order valence-corrected chi connectivity index (χ1v) is 10.6. The number of hydrogen-bond acceptors (Lipinski definition) is 6. The smallest absolute Gasteiger partial charge is 0.243 e. The number of Topliss-reactive ketones (excluding diaryl/α,β-unsaturated/α-hetero) is 1. The van der Waals surface area contributed by atoms with Gasteiger partial charge < -0.3 is 4.90 Å². The first-order chi connectivity index (χ1) is 13.3. The lowest BCUT2D eigenvalue weighted by atomic mass is 10.2. The molecule has 0 unspecified atom stereocenters. The zero-order chi connectivity index (χ0) is 19.9. The summed E-state index contributed by atoms with van der Waals surface area (Å²) < 4.78 is 28.4. The van der Waals surface area contributed by atoms with Crippen LogP contribution in [0.2, 0.25) is 0 Å². The summed E-state index contributed by atoms with van der Waals surface area (Å²) in [7, 11) is -3.60. The number of aromatic nitrogens is 3. The summed E-state index contributed by atoms with van der Waals surface area (Å²) in [6, 6.07) is 5.88. The summed E-state index contributed by atoms with van der Waals surface area (Å²) in [6.07, 6.45) is 3.23. The Morgan fingerprint density at radius 2 is 1.93 bits per heavy atom. The average molecular weight is 403 g/mol. The predicted octanol–water partition coefficient (Wildman–Crippen LogP) is 0.849. The molecule has 3 heterocycles.